The summed E-state index contributed by atoms with van der Waals surface area (Å²) in [5.41, 5.74) is 4.37. The molecule has 0 radical (unpaired) electrons. The van der Waals surface area contributed by atoms with Crippen LogP contribution in [-0.4, -0.2) is 135 Å². The van der Waals surface area contributed by atoms with Gasteiger partial charge in [0.2, 0.25) is 0 Å². The lowest BCUT2D eigenvalue weighted by atomic mass is 9.72. The summed E-state index contributed by atoms with van der Waals surface area (Å²) in [5.74, 6) is 6.48. The lowest BCUT2D eigenvalue weighted by Crippen LogP contribution is -2.62. The van der Waals surface area contributed by atoms with Gasteiger partial charge in [0.25, 0.3) is 0 Å². The highest BCUT2D eigenvalue weighted by Crippen LogP contribution is 2.54. The minimum absolute atomic E-state index is 0.396. The van der Waals surface area contributed by atoms with E-state index >= 15 is 0 Å². The molecule has 6 rings (SSSR count). The largest absolute Gasteiger partial charge is 0.463 e. The summed E-state index contributed by atoms with van der Waals surface area (Å²) in [6.45, 7) is 9.32. The van der Waals surface area contributed by atoms with Gasteiger partial charge >= 0.3 is 47.8 Å². The van der Waals surface area contributed by atoms with Gasteiger partial charge in [-0.25, -0.2) is 0 Å². The third kappa shape index (κ3) is 12.0. The maximum atomic E-state index is 12.4. The second-order valence-corrected chi connectivity index (χ2v) is 16.5. The van der Waals surface area contributed by atoms with E-state index in [1.807, 2.05) is 36.4 Å². The highest BCUT2D eigenvalue weighted by Gasteiger charge is 2.53. The van der Waals surface area contributed by atoms with Gasteiger partial charge in [-0.15, -0.1) is 0 Å². The molecule has 0 amide bonds. The molecule has 0 N–H and O–H groups in total. The summed E-state index contributed by atoms with van der Waals surface area (Å²) in [7, 11) is 0. The first kappa shape index (κ1) is 50.6. The summed E-state index contributed by atoms with van der Waals surface area (Å²) < 4.78 is 62.0. The number of rotatable bonds is 10. The van der Waals surface area contributed by atoms with Crippen molar-refractivity contribution >= 4 is 47.8 Å². The fourth-order valence-corrected chi connectivity index (χ4v) is 8.91. The zero-order valence-electron chi connectivity index (χ0n) is 38.7. The van der Waals surface area contributed by atoms with Gasteiger partial charge in [-0.1, -0.05) is 35.8 Å². The maximum Gasteiger partial charge on any atom is 0.303 e. The SMILES string of the molecule is CC(=O)OC[C@H]1O[C@H](C#Cc2ccc3c(c2)C2(CCOCC2)c2cc(C#C[C@H]4O[C@H](COC(C)=O)[C@@H](OC(C)=O)[C@H](OC(C)=O)C4OC(C)=O)ccc2-3)[C@@H](OC(C)=O)[C@@H](OC(C)=O)[C@@H]1OC(C)=O. The van der Waals surface area contributed by atoms with Crippen molar-refractivity contribution in [3.63, 3.8) is 0 Å². The van der Waals surface area contributed by atoms with Crippen LogP contribution in [0.15, 0.2) is 36.4 Å². The Labute approximate surface area is 392 Å². The average Bonchev–Trinajstić information content (AvgIpc) is 3.50. The molecule has 2 aromatic carbocycles. The van der Waals surface area contributed by atoms with E-state index in [0.29, 0.717) is 37.2 Å². The van der Waals surface area contributed by atoms with Crippen molar-refractivity contribution in [2.45, 2.75) is 135 Å². The molecule has 2 aromatic rings. The molecule has 1 unspecified atom stereocenters. The first-order valence-electron chi connectivity index (χ1n) is 21.8. The van der Waals surface area contributed by atoms with E-state index in [-0.39, 0.29) is 0 Å². The first-order valence-corrected chi connectivity index (χ1v) is 21.8. The second-order valence-electron chi connectivity index (χ2n) is 16.5. The van der Waals surface area contributed by atoms with Crippen molar-refractivity contribution in [1.29, 1.82) is 0 Å². The van der Waals surface area contributed by atoms with Crippen LogP contribution in [0.2, 0.25) is 0 Å². The molecule has 10 atom stereocenters. The van der Waals surface area contributed by atoms with Gasteiger partial charge in [0.1, 0.15) is 25.4 Å². The quantitative estimate of drug-likeness (QED) is 0.189. The molecule has 3 heterocycles. The summed E-state index contributed by atoms with van der Waals surface area (Å²) >= 11 is 0. The summed E-state index contributed by atoms with van der Waals surface area (Å²) in [6, 6.07) is 11.4. The Morgan fingerprint density at radius 2 is 0.824 bits per heavy atom. The van der Waals surface area contributed by atoms with Gasteiger partial charge < -0.3 is 52.1 Å². The zero-order valence-corrected chi connectivity index (χ0v) is 38.7. The molecular formula is C49H52O19. The van der Waals surface area contributed by atoms with Crippen molar-refractivity contribution in [2.24, 2.45) is 0 Å². The molecule has 1 aliphatic carbocycles. The van der Waals surface area contributed by atoms with Crippen LogP contribution >= 0.6 is 0 Å². The molecule has 68 heavy (non-hydrogen) atoms. The van der Waals surface area contributed by atoms with Crippen LogP contribution in [0.25, 0.3) is 11.1 Å². The van der Waals surface area contributed by atoms with Crippen molar-refractivity contribution in [3.05, 3.63) is 58.7 Å². The predicted molar refractivity (Wildman–Crippen MR) is 230 cm³/mol. The number of carbonyl (C=O) groups is 8. The monoisotopic (exact) mass is 944 g/mol. The van der Waals surface area contributed by atoms with Gasteiger partial charge in [-0.3, -0.25) is 38.4 Å². The zero-order chi connectivity index (χ0) is 49.4. The predicted octanol–water partition coefficient (Wildman–Crippen LogP) is 2.72. The van der Waals surface area contributed by atoms with E-state index < -0.39 is 127 Å². The van der Waals surface area contributed by atoms with E-state index in [1.165, 1.54) is 13.8 Å². The fourth-order valence-electron chi connectivity index (χ4n) is 8.91. The van der Waals surface area contributed by atoms with Crippen LogP contribution in [0.5, 0.6) is 0 Å². The Bertz CT molecular complexity index is 2280. The van der Waals surface area contributed by atoms with E-state index in [1.54, 1.807) is 0 Å². The Kier molecular flexibility index (Phi) is 16.3. The number of hydrogen-bond acceptors (Lipinski definition) is 19. The Morgan fingerprint density at radius 1 is 0.485 bits per heavy atom. The van der Waals surface area contributed by atoms with Crippen molar-refractivity contribution < 1.29 is 90.5 Å². The van der Waals surface area contributed by atoms with Crippen LogP contribution < -0.4 is 0 Å². The fraction of sp³-hybridized carbons (Fsp3) is 0.510. The Hall–Kier alpha value is -6.80. The Balaban J connectivity index is 1.37. The van der Waals surface area contributed by atoms with Gasteiger partial charge in [-0.2, -0.15) is 0 Å². The molecule has 3 aliphatic heterocycles. The molecule has 3 saturated heterocycles. The Morgan fingerprint density at radius 3 is 1.16 bits per heavy atom. The van der Waals surface area contributed by atoms with E-state index in [9.17, 15) is 38.4 Å². The van der Waals surface area contributed by atoms with Crippen LogP contribution in [0, 0.1) is 23.7 Å². The van der Waals surface area contributed by atoms with Gasteiger partial charge in [0.15, 0.2) is 48.8 Å². The third-order valence-electron chi connectivity index (χ3n) is 11.4. The standard InChI is InChI=1S/C49H52O19/c1-25(50)59-23-41-45(63-29(5)54)47(65-31(7)56)43(61-27(3)52)39(67-41)15-11-33-9-13-35-36-14-10-34(22-38(36)49(37(35)21-33)17-19-58-20-18-49)12-16-40-44(62-28(4)53)48(66-32(8)57)46(64-30(6)55)42(68-40)24-60-26(2)51/h9-10,13-14,21-22,39-48H,17-20,23-24H2,1-8H3/t39-,40-,41-,42-,43-,44?,45-,46-,47-,48-/m1/s1. The maximum absolute atomic E-state index is 12.4. The molecule has 0 aromatic heterocycles. The molecule has 362 valence electrons. The van der Waals surface area contributed by atoms with Crippen molar-refractivity contribution in [3.8, 4) is 34.8 Å². The van der Waals surface area contributed by atoms with Gasteiger partial charge in [0.05, 0.1) is 0 Å². The molecule has 19 heteroatoms. The molecule has 3 fully saturated rings. The normalized spacial score (nSPS) is 26.3. The van der Waals surface area contributed by atoms with Crippen molar-refractivity contribution in [2.75, 3.05) is 26.4 Å². The van der Waals surface area contributed by atoms with E-state index in [2.05, 4.69) is 23.7 Å². The lowest BCUT2D eigenvalue weighted by Gasteiger charge is -2.42. The molecule has 19 nitrogen and oxygen atoms in total. The van der Waals surface area contributed by atoms with Gasteiger partial charge in [0, 0.05) is 85.1 Å². The van der Waals surface area contributed by atoms with Gasteiger partial charge in [-0.05, 0) is 59.4 Å². The number of fused-ring (bicyclic) bond motifs is 5. The summed E-state index contributed by atoms with van der Waals surface area (Å²) in [6.07, 6.45) is -11.7. The number of esters is 8. The number of benzene rings is 2. The molecule has 0 saturated carbocycles. The van der Waals surface area contributed by atoms with Crippen molar-refractivity contribution in [1.82, 2.24) is 0 Å². The highest BCUT2D eigenvalue weighted by molar-refractivity contribution is 5.83. The number of ether oxygens (including phenoxy) is 11. The third-order valence-corrected chi connectivity index (χ3v) is 11.4. The lowest BCUT2D eigenvalue weighted by molar-refractivity contribution is -0.243. The number of carbonyl (C=O) groups excluding carboxylic acids is 8. The van der Waals surface area contributed by atoms with E-state index in [0.717, 1.165) is 63.8 Å². The molecule has 0 bridgehead atoms. The van der Waals surface area contributed by atoms with Crippen LogP contribution in [0.4, 0.5) is 0 Å². The summed E-state index contributed by atoms with van der Waals surface area (Å²) in [5, 5.41) is 0. The smallest absolute Gasteiger partial charge is 0.303 e. The molecule has 4 aliphatic rings. The minimum Gasteiger partial charge on any atom is -0.463 e. The molecular weight excluding hydrogens is 893 g/mol. The number of hydrogen-bond donors (Lipinski definition) is 0. The van der Waals surface area contributed by atoms with Crippen LogP contribution in [-0.2, 0) is 95.9 Å². The molecule has 1 spiro atoms. The average molecular weight is 945 g/mol. The van der Waals surface area contributed by atoms with E-state index in [4.69, 9.17) is 52.1 Å². The minimum atomic E-state index is -1.38. The first-order chi connectivity index (χ1) is 32.3. The topological polar surface area (TPSA) is 238 Å². The van der Waals surface area contributed by atoms with Crippen LogP contribution in [0.3, 0.4) is 0 Å². The second kappa shape index (κ2) is 21.9. The highest BCUT2D eigenvalue weighted by atomic mass is 16.7. The summed E-state index contributed by atoms with van der Waals surface area (Å²) in [4.78, 5) is 97.6. The van der Waals surface area contributed by atoms with Crippen LogP contribution in [0.1, 0.15) is 90.5 Å².